The van der Waals surface area contributed by atoms with Gasteiger partial charge in [0.15, 0.2) is 0 Å². The molecule has 20 heavy (non-hydrogen) atoms. The number of hydrogen-bond acceptors (Lipinski definition) is 4. The highest BCUT2D eigenvalue weighted by Crippen LogP contribution is 2.17. The quantitative estimate of drug-likeness (QED) is 0.829. The van der Waals surface area contributed by atoms with Crippen LogP contribution in [0.15, 0.2) is 18.3 Å². The van der Waals surface area contributed by atoms with Crippen LogP contribution in [0.2, 0.25) is 0 Å². The lowest BCUT2D eigenvalue weighted by atomic mass is 10.2. The van der Waals surface area contributed by atoms with Crippen molar-refractivity contribution in [2.24, 2.45) is 0 Å². The zero-order valence-corrected chi connectivity index (χ0v) is 12.2. The van der Waals surface area contributed by atoms with Gasteiger partial charge in [0.05, 0.1) is 13.2 Å². The summed E-state index contributed by atoms with van der Waals surface area (Å²) >= 11 is 0. The normalized spacial score (nSPS) is 16.9. The first-order chi connectivity index (χ1) is 9.69. The fourth-order valence-corrected chi connectivity index (χ4v) is 2.40. The predicted molar refractivity (Wildman–Crippen MR) is 77.5 cm³/mol. The summed E-state index contributed by atoms with van der Waals surface area (Å²) in [5, 5.41) is 6.31. The molecule has 5 heteroatoms. The molecule has 1 heterocycles. The number of aromatic nitrogens is 1. The molecular formula is C15H23N3O2. The van der Waals surface area contributed by atoms with Gasteiger partial charge in [-0.2, -0.15) is 0 Å². The van der Waals surface area contributed by atoms with Gasteiger partial charge in [0.25, 0.3) is 0 Å². The van der Waals surface area contributed by atoms with Crippen LogP contribution in [0.1, 0.15) is 38.2 Å². The molecule has 1 aliphatic carbocycles. The van der Waals surface area contributed by atoms with Crippen molar-refractivity contribution in [1.29, 1.82) is 0 Å². The van der Waals surface area contributed by atoms with E-state index >= 15 is 0 Å². The number of amides is 1. The van der Waals surface area contributed by atoms with E-state index < -0.39 is 0 Å². The second-order valence-electron chi connectivity index (χ2n) is 5.30. The Morgan fingerprint density at radius 2 is 2.20 bits per heavy atom. The molecule has 1 aliphatic rings. The molecular weight excluding hydrogens is 254 g/mol. The van der Waals surface area contributed by atoms with Gasteiger partial charge < -0.3 is 15.4 Å². The van der Waals surface area contributed by atoms with Crippen LogP contribution < -0.4 is 15.4 Å². The van der Waals surface area contributed by atoms with Crippen LogP contribution in [-0.2, 0) is 11.3 Å². The Kier molecular flexibility index (Phi) is 5.35. The Labute approximate surface area is 120 Å². The van der Waals surface area contributed by atoms with E-state index in [0.717, 1.165) is 18.4 Å². The second-order valence-corrected chi connectivity index (χ2v) is 5.30. The topological polar surface area (TPSA) is 63.2 Å². The molecule has 0 aromatic carbocycles. The minimum Gasteiger partial charge on any atom is -0.481 e. The van der Waals surface area contributed by atoms with Gasteiger partial charge in [-0.1, -0.05) is 18.9 Å². The summed E-state index contributed by atoms with van der Waals surface area (Å²) in [4.78, 5) is 16.2. The van der Waals surface area contributed by atoms with E-state index in [1.54, 1.807) is 13.3 Å². The lowest BCUT2D eigenvalue weighted by Gasteiger charge is -2.17. The monoisotopic (exact) mass is 277 g/mol. The van der Waals surface area contributed by atoms with Gasteiger partial charge in [-0.25, -0.2) is 4.98 Å². The van der Waals surface area contributed by atoms with E-state index in [-0.39, 0.29) is 11.9 Å². The Hall–Kier alpha value is -1.62. The highest BCUT2D eigenvalue weighted by molar-refractivity contribution is 5.81. The average Bonchev–Trinajstić information content (AvgIpc) is 2.98. The van der Waals surface area contributed by atoms with Crippen LogP contribution in [0, 0.1) is 0 Å². The molecule has 2 rings (SSSR count). The van der Waals surface area contributed by atoms with Crippen molar-refractivity contribution in [1.82, 2.24) is 15.6 Å². The van der Waals surface area contributed by atoms with Gasteiger partial charge in [0.1, 0.15) is 0 Å². The molecule has 2 N–H and O–H groups in total. The second kappa shape index (κ2) is 7.24. The average molecular weight is 277 g/mol. The van der Waals surface area contributed by atoms with Gasteiger partial charge in [0, 0.05) is 24.8 Å². The zero-order chi connectivity index (χ0) is 14.4. The maximum atomic E-state index is 12.0. The van der Waals surface area contributed by atoms with E-state index in [2.05, 4.69) is 15.6 Å². The highest BCUT2D eigenvalue weighted by Gasteiger charge is 2.20. The summed E-state index contributed by atoms with van der Waals surface area (Å²) in [7, 11) is 1.59. The number of ether oxygens (including phenoxy) is 1. The minimum absolute atomic E-state index is 0.0818. The Bertz CT molecular complexity index is 427. The first-order valence-electron chi connectivity index (χ1n) is 7.21. The fourth-order valence-electron chi connectivity index (χ4n) is 2.40. The predicted octanol–water partition coefficient (Wildman–Crippen LogP) is 1.63. The maximum absolute atomic E-state index is 12.0. The number of nitrogens with zero attached hydrogens (tertiary/aromatic N) is 1. The number of carbonyl (C=O) groups excluding carboxylic acids is 1. The number of nitrogens with one attached hydrogen (secondary N) is 2. The SMILES string of the molecule is COc1ccc(CNC(C)C(=O)NC2CCCC2)cn1. The maximum Gasteiger partial charge on any atom is 0.237 e. The first-order valence-corrected chi connectivity index (χ1v) is 7.21. The molecule has 1 fully saturated rings. The molecule has 5 nitrogen and oxygen atoms in total. The van der Waals surface area contributed by atoms with E-state index in [1.807, 2.05) is 19.1 Å². The molecule has 1 saturated carbocycles. The molecule has 110 valence electrons. The number of methoxy groups -OCH3 is 1. The fraction of sp³-hybridized carbons (Fsp3) is 0.600. The van der Waals surface area contributed by atoms with Gasteiger partial charge >= 0.3 is 0 Å². The molecule has 1 unspecified atom stereocenters. The van der Waals surface area contributed by atoms with Gasteiger partial charge in [0.2, 0.25) is 11.8 Å². The lowest BCUT2D eigenvalue weighted by Crippen LogP contribution is -2.45. The molecule has 0 aliphatic heterocycles. The zero-order valence-electron chi connectivity index (χ0n) is 12.2. The van der Waals surface area contributed by atoms with E-state index in [1.165, 1.54) is 12.8 Å². The molecule has 1 aromatic rings. The van der Waals surface area contributed by atoms with Crippen LogP contribution in [0.25, 0.3) is 0 Å². The van der Waals surface area contributed by atoms with Crippen LogP contribution in [0.4, 0.5) is 0 Å². The number of hydrogen-bond donors (Lipinski definition) is 2. The van der Waals surface area contributed by atoms with E-state index in [9.17, 15) is 4.79 Å². The molecule has 0 saturated heterocycles. The standard InChI is InChI=1S/C15H23N3O2/c1-11(15(19)18-13-5-3-4-6-13)16-9-12-7-8-14(20-2)17-10-12/h7-8,10-11,13,16H,3-6,9H2,1-2H3,(H,18,19). The smallest absolute Gasteiger partial charge is 0.237 e. The molecule has 0 spiro atoms. The third-order valence-corrected chi connectivity index (χ3v) is 3.71. The number of pyridine rings is 1. The van der Waals surface area contributed by atoms with Crippen LogP contribution in [-0.4, -0.2) is 30.1 Å². The van der Waals surface area contributed by atoms with Crippen molar-refractivity contribution in [3.05, 3.63) is 23.9 Å². The molecule has 1 aromatic heterocycles. The van der Waals surface area contributed by atoms with E-state index in [4.69, 9.17) is 4.74 Å². The minimum atomic E-state index is -0.197. The third-order valence-electron chi connectivity index (χ3n) is 3.71. The van der Waals surface area contributed by atoms with Crippen molar-refractivity contribution in [3.8, 4) is 5.88 Å². The van der Waals surface area contributed by atoms with Crippen molar-refractivity contribution >= 4 is 5.91 Å². The Morgan fingerprint density at radius 3 is 2.80 bits per heavy atom. The van der Waals surface area contributed by atoms with Crippen LogP contribution >= 0.6 is 0 Å². The van der Waals surface area contributed by atoms with E-state index in [0.29, 0.717) is 18.5 Å². The molecule has 1 amide bonds. The molecule has 0 radical (unpaired) electrons. The molecule has 1 atom stereocenters. The number of carbonyl (C=O) groups is 1. The van der Waals surface area contributed by atoms with Gasteiger partial charge in [-0.05, 0) is 25.3 Å². The summed E-state index contributed by atoms with van der Waals surface area (Å²) in [5.74, 6) is 0.680. The third kappa shape index (κ3) is 4.20. The largest absolute Gasteiger partial charge is 0.481 e. The summed E-state index contributed by atoms with van der Waals surface area (Å²) in [6.07, 6.45) is 6.43. The van der Waals surface area contributed by atoms with Crippen molar-refractivity contribution in [2.45, 2.75) is 51.2 Å². The number of rotatable bonds is 6. The van der Waals surface area contributed by atoms with Gasteiger partial charge in [-0.15, -0.1) is 0 Å². The Balaban J connectivity index is 1.75. The summed E-state index contributed by atoms with van der Waals surface area (Å²) in [6, 6.07) is 3.94. The Morgan fingerprint density at radius 1 is 1.45 bits per heavy atom. The van der Waals surface area contributed by atoms with Crippen molar-refractivity contribution < 1.29 is 9.53 Å². The molecule has 0 bridgehead atoms. The highest BCUT2D eigenvalue weighted by atomic mass is 16.5. The van der Waals surface area contributed by atoms with Crippen molar-refractivity contribution in [3.63, 3.8) is 0 Å². The van der Waals surface area contributed by atoms with Crippen molar-refractivity contribution in [2.75, 3.05) is 7.11 Å². The first kappa shape index (κ1) is 14.8. The van der Waals surface area contributed by atoms with Crippen LogP contribution in [0.5, 0.6) is 5.88 Å². The summed E-state index contributed by atoms with van der Waals surface area (Å²) in [5.41, 5.74) is 1.03. The van der Waals surface area contributed by atoms with Crippen LogP contribution in [0.3, 0.4) is 0 Å². The summed E-state index contributed by atoms with van der Waals surface area (Å²) < 4.78 is 5.01. The van der Waals surface area contributed by atoms with Gasteiger partial charge in [-0.3, -0.25) is 4.79 Å². The summed E-state index contributed by atoms with van der Waals surface area (Å²) in [6.45, 7) is 2.51. The lowest BCUT2D eigenvalue weighted by molar-refractivity contribution is -0.123.